The highest BCUT2D eigenvalue weighted by Crippen LogP contribution is 1.85. The number of aliphatic carboxylic acids is 2. The van der Waals surface area contributed by atoms with Gasteiger partial charge in [-0.1, -0.05) is 0 Å². The molecule has 2 N–H and O–H groups in total. The molecule has 0 rings (SSSR count). The minimum Gasteiger partial charge on any atom is -0.481 e. The molecule has 4 nitrogen and oxygen atoms in total. The summed E-state index contributed by atoms with van der Waals surface area (Å²) in [4.78, 5) is 19.3. The molecule has 0 saturated heterocycles. The highest BCUT2D eigenvalue weighted by atomic mass is 16.4. The lowest BCUT2D eigenvalue weighted by Crippen LogP contribution is -2.00. The van der Waals surface area contributed by atoms with Gasteiger partial charge in [-0.25, -0.2) is 0 Å². The zero-order chi connectivity index (χ0) is 6.57. The maximum absolute atomic E-state index is 9.64. The van der Waals surface area contributed by atoms with Crippen LogP contribution >= 0.6 is 0 Å². The fraction of sp³-hybridized carbons (Fsp3) is 0.400. The molecule has 0 bridgehead atoms. The van der Waals surface area contributed by atoms with E-state index in [1.54, 1.807) is 0 Å². The van der Waals surface area contributed by atoms with E-state index in [0.717, 1.165) is 0 Å². The van der Waals surface area contributed by atoms with E-state index in [2.05, 4.69) is 0 Å². The Morgan fingerprint density at radius 2 is 1.22 bits per heavy atom. The maximum Gasteiger partial charge on any atom is 0.303 e. The van der Waals surface area contributed by atoms with Crippen molar-refractivity contribution >= 4 is 11.9 Å². The molecule has 51 valence electrons. The zero-order valence-corrected chi connectivity index (χ0v) is 4.70. The number of carboxylic acids is 2. The normalized spacial score (nSPS) is 7.56. The van der Waals surface area contributed by atoms with Crippen LogP contribution in [0.1, 0.15) is 12.8 Å². The molecule has 0 aromatic rings. The van der Waals surface area contributed by atoms with E-state index < -0.39 is 11.9 Å². The van der Waals surface area contributed by atoms with Gasteiger partial charge in [0.05, 0.1) is 12.8 Å². The number of hydrogen-bond acceptors (Lipinski definition) is 2. The van der Waals surface area contributed by atoms with E-state index >= 15 is 0 Å². The number of carboxylic acid groups (broad SMARTS) is 2. The summed E-state index contributed by atoms with van der Waals surface area (Å²) in [5.41, 5.74) is 0. The lowest BCUT2D eigenvalue weighted by molar-refractivity contribution is -0.143. The van der Waals surface area contributed by atoms with Crippen molar-refractivity contribution in [3.8, 4) is 0 Å². The van der Waals surface area contributed by atoms with Crippen molar-refractivity contribution in [2.24, 2.45) is 0 Å². The summed E-state index contributed by atoms with van der Waals surface area (Å²) in [6.07, 6.45) is -0.593. The van der Waals surface area contributed by atoms with Crippen LogP contribution in [0.15, 0.2) is 0 Å². The second-order valence-electron chi connectivity index (χ2n) is 1.29. The number of hydrogen-bond donors (Lipinski definition) is 2. The van der Waals surface area contributed by atoms with Crippen LogP contribution < -0.4 is 0 Å². The number of rotatable bonds is 3. The second kappa shape index (κ2) is 5.08. The average molecular weight is 131 g/mol. The average Bonchev–Trinajstić information content (AvgIpc) is 1.61. The SMILES string of the molecule is O=C(O)CCC(=O)O.[CH]. The summed E-state index contributed by atoms with van der Waals surface area (Å²) < 4.78 is 0. The first-order valence-electron chi connectivity index (χ1n) is 2.06. The molecule has 0 fully saturated rings. The third-order valence-corrected chi connectivity index (χ3v) is 0.553. The van der Waals surface area contributed by atoms with E-state index in [1.165, 1.54) is 0 Å². The van der Waals surface area contributed by atoms with Crippen LogP contribution in [0, 0.1) is 7.43 Å². The molecule has 0 aromatic heterocycles. The van der Waals surface area contributed by atoms with Gasteiger partial charge in [0.15, 0.2) is 0 Å². The van der Waals surface area contributed by atoms with Gasteiger partial charge in [0.2, 0.25) is 0 Å². The molecule has 0 amide bonds. The molecule has 3 radical (unpaired) electrons. The van der Waals surface area contributed by atoms with Crippen molar-refractivity contribution in [2.75, 3.05) is 0 Å². The van der Waals surface area contributed by atoms with Crippen LogP contribution in [0.5, 0.6) is 0 Å². The van der Waals surface area contributed by atoms with Gasteiger partial charge in [-0.15, -0.1) is 0 Å². The quantitative estimate of drug-likeness (QED) is 0.571. The summed E-state index contributed by atoms with van der Waals surface area (Å²) >= 11 is 0. The molecular weight excluding hydrogens is 124 g/mol. The number of carbonyl (C=O) groups is 2. The van der Waals surface area contributed by atoms with Gasteiger partial charge in [-0.2, -0.15) is 0 Å². The molecule has 0 atom stereocenters. The summed E-state index contributed by atoms with van der Waals surface area (Å²) in [6.45, 7) is 0. The maximum atomic E-state index is 9.64. The molecule has 0 aliphatic heterocycles. The van der Waals surface area contributed by atoms with Crippen LogP contribution in [-0.2, 0) is 9.59 Å². The lowest BCUT2D eigenvalue weighted by atomic mass is 10.3. The lowest BCUT2D eigenvalue weighted by Gasteiger charge is -1.85. The monoisotopic (exact) mass is 131 g/mol. The fourth-order valence-electron chi connectivity index (χ4n) is 0.214. The van der Waals surface area contributed by atoms with Crippen molar-refractivity contribution in [1.82, 2.24) is 0 Å². The fourth-order valence-corrected chi connectivity index (χ4v) is 0.214. The molecule has 0 aromatic carbocycles. The second-order valence-corrected chi connectivity index (χ2v) is 1.29. The Morgan fingerprint density at radius 3 is 1.33 bits per heavy atom. The van der Waals surface area contributed by atoms with Gasteiger partial charge in [0.1, 0.15) is 0 Å². The largest absolute Gasteiger partial charge is 0.481 e. The van der Waals surface area contributed by atoms with Crippen LogP contribution in [0.25, 0.3) is 0 Å². The summed E-state index contributed by atoms with van der Waals surface area (Å²) in [5, 5.41) is 15.8. The van der Waals surface area contributed by atoms with Gasteiger partial charge < -0.3 is 10.2 Å². The van der Waals surface area contributed by atoms with E-state index in [0.29, 0.717) is 0 Å². The standard InChI is InChI=1S/C4H6O4.CH/c5-3(6)1-2-4(7)8;/h1-2H2,(H,5,6)(H,7,8);1H. The first kappa shape index (κ1) is 10.8. The van der Waals surface area contributed by atoms with Crippen LogP contribution in [0.3, 0.4) is 0 Å². The van der Waals surface area contributed by atoms with Crippen molar-refractivity contribution in [2.45, 2.75) is 12.8 Å². The van der Waals surface area contributed by atoms with Crippen molar-refractivity contribution in [1.29, 1.82) is 0 Å². The molecule has 0 aliphatic rings. The Hall–Kier alpha value is -1.06. The summed E-state index contributed by atoms with van der Waals surface area (Å²) in [5.74, 6) is -2.15. The summed E-state index contributed by atoms with van der Waals surface area (Å²) in [6, 6.07) is 0. The molecular formula is C5H7O4. The molecule has 0 heterocycles. The highest BCUT2D eigenvalue weighted by Gasteiger charge is 2.00. The molecule has 0 saturated carbocycles. The predicted molar refractivity (Wildman–Crippen MR) is 28.8 cm³/mol. The van der Waals surface area contributed by atoms with Crippen molar-refractivity contribution in [3.63, 3.8) is 0 Å². The van der Waals surface area contributed by atoms with Crippen LogP contribution in [-0.4, -0.2) is 22.2 Å². The van der Waals surface area contributed by atoms with Crippen molar-refractivity contribution < 1.29 is 19.8 Å². The molecule has 4 heteroatoms. The highest BCUT2D eigenvalue weighted by molar-refractivity contribution is 5.75. The van der Waals surface area contributed by atoms with E-state index in [9.17, 15) is 9.59 Å². The molecule has 9 heavy (non-hydrogen) atoms. The Kier molecular flexibility index (Phi) is 6.12. The Bertz CT molecular complexity index is 93.5. The van der Waals surface area contributed by atoms with Crippen LogP contribution in [0.4, 0.5) is 0 Å². The van der Waals surface area contributed by atoms with Gasteiger partial charge in [-0.3, -0.25) is 9.59 Å². The first-order valence-corrected chi connectivity index (χ1v) is 2.06. The zero-order valence-electron chi connectivity index (χ0n) is 4.70. The van der Waals surface area contributed by atoms with Gasteiger partial charge in [-0.05, 0) is 7.43 Å². The smallest absolute Gasteiger partial charge is 0.303 e. The predicted octanol–water partition coefficient (Wildman–Crippen LogP) is 0.140. The third-order valence-electron chi connectivity index (χ3n) is 0.553. The molecule has 0 unspecified atom stereocenters. The first-order chi connectivity index (χ1) is 3.63. The van der Waals surface area contributed by atoms with E-state index in [1.807, 2.05) is 0 Å². The molecule has 0 spiro atoms. The Morgan fingerprint density at radius 1 is 1.00 bits per heavy atom. The Balaban J connectivity index is 0. The van der Waals surface area contributed by atoms with Crippen LogP contribution in [0.2, 0.25) is 0 Å². The minimum atomic E-state index is -1.08. The molecule has 0 aliphatic carbocycles. The van der Waals surface area contributed by atoms with E-state index in [-0.39, 0.29) is 20.3 Å². The van der Waals surface area contributed by atoms with Gasteiger partial charge in [0, 0.05) is 0 Å². The topological polar surface area (TPSA) is 74.6 Å². The minimum absolute atomic E-state index is 0. The summed E-state index contributed by atoms with van der Waals surface area (Å²) in [7, 11) is 0. The van der Waals surface area contributed by atoms with Gasteiger partial charge >= 0.3 is 11.9 Å². The van der Waals surface area contributed by atoms with Gasteiger partial charge in [0.25, 0.3) is 0 Å². The van der Waals surface area contributed by atoms with Crippen molar-refractivity contribution in [3.05, 3.63) is 7.43 Å². The third kappa shape index (κ3) is 10.9. The Labute approximate surface area is 53.1 Å². The van der Waals surface area contributed by atoms with E-state index in [4.69, 9.17) is 10.2 Å².